The highest BCUT2D eigenvalue weighted by atomic mass is 35.5. The molecule has 6 nitrogen and oxygen atoms in total. The van der Waals surface area contributed by atoms with Gasteiger partial charge in [-0.25, -0.2) is 4.98 Å². The van der Waals surface area contributed by atoms with Crippen molar-refractivity contribution in [2.45, 2.75) is 32.9 Å². The van der Waals surface area contributed by atoms with Crippen molar-refractivity contribution in [2.24, 2.45) is 18.0 Å². The summed E-state index contributed by atoms with van der Waals surface area (Å²) in [4.78, 5) is 11.4. The van der Waals surface area contributed by atoms with Crippen LogP contribution in [0.1, 0.15) is 29.2 Å². The molecule has 3 heterocycles. The molecule has 2 N–H and O–H groups in total. The van der Waals surface area contributed by atoms with E-state index in [-0.39, 0.29) is 0 Å². The number of nitrogens with one attached hydrogen (secondary N) is 2. The second-order valence-electron chi connectivity index (χ2n) is 7.22. The van der Waals surface area contributed by atoms with Gasteiger partial charge in [0.05, 0.1) is 22.3 Å². The zero-order valence-electron chi connectivity index (χ0n) is 16.6. The van der Waals surface area contributed by atoms with Crippen LogP contribution in [0.5, 0.6) is 0 Å². The highest BCUT2D eigenvalue weighted by molar-refractivity contribution is 7.09. The van der Waals surface area contributed by atoms with E-state index in [4.69, 9.17) is 23.2 Å². The molecule has 0 spiro atoms. The topological polar surface area (TPSA) is 57.5 Å². The molecule has 3 rings (SSSR count). The third-order valence-corrected chi connectivity index (χ3v) is 6.86. The van der Waals surface area contributed by atoms with E-state index in [1.54, 1.807) is 18.4 Å². The van der Waals surface area contributed by atoms with E-state index in [9.17, 15) is 0 Å². The maximum atomic E-state index is 6.12. The fraction of sp³-hybridized carbons (Fsp3) is 0.579. The minimum absolute atomic E-state index is 0.556. The smallest absolute Gasteiger partial charge is 0.191 e. The van der Waals surface area contributed by atoms with Crippen molar-refractivity contribution in [3.63, 3.8) is 0 Å². The number of thiazole rings is 1. The largest absolute Gasteiger partial charge is 0.356 e. The second kappa shape index (κ2) is 9.96. The quantitative estimate of drug-likeness (QED) is 0.529. The molecule has 1 fully saturated rings. The predicted molar refractivity (Wildman–Crippen MR) is 118 cm³/mol. The zero-order chi connectivity index (χ0) is 20.1. The lowest BCUT2D eigenvalue weighted by Crippen LogP contribution is -2.42. The fourth-order valence-corrected chi connectivity index (χ4v) is 4.47. The van der Waals surface area contributed by atoms with Crippen LogP contribution >= 0.6 is 34.5 Å². The SMILES string of the molecule is CN=C(NCc1cc(Cl)c(Cl)n1C)NCC1CCN(Cc2csc(C)n2)CC1. The number of hydrogen-bond donors (Lipinski definition) is 2. The predicted octanol–water partition coefficient (Wildman–Crippen LogP) is 3.67. The molecule has 0 aliphatic carbocycles. The van der Waals surface area contributed by atoms with Gasteiger partial charge in [0.2, 0.25) is 0 Å². The number of aryl methyl sites for hydroxylation is 1. The van der Waals surface area contributed by atoms with Crippen molar-refractivity contribution in [1.29, 1.82) is 0 Å². The van der Waals surface area contributed by atoms with Crippen molar-refractivity contribution >= 4 is 40.5 Å². The summed E-state index contributed by atoms with van der Waals surface area (Å²) >= 11 is 13.9. The molecule has 0 atom stereocenters. The molecule has 154 valence electrons. The lowest BCUT2D eigenvalue weighted by atomic mass is 9.97. The van der Waals surface area contributed by atoms with Crippen LogP contribution in [0, 0.1) is 12.8 Å². The molecule has 1 aliphatic rings. The first kappa shape index (κ1) is 21.4. The summed E-state index contributed by atoms with van der Waals surface area (Å²) in [5.41, 5.74) is 2.22. The van der Waals surface area contributed by atoms with Crippen molar-refractivity contribution in [2.75, 3.05) is 26.7 Å². The van der Waals surface area contributed by atoms with Gasteiger partial charge >= 0.3 is 0 Å². The Labute approximate surface area is 181 Å². The second-order valence-corrected chi connectivity index (χ2v) is 9.04. The summed E-state index contributed by atoms with van der Waals surface area (Å²) in [6.45, 7) is 6.82. The fourth-order valence-electron chi connectivity index (χ4n) is 3.45. The Bertz CT molecular complexity index is 807. The van der Waals surface area contributed by atoms with Crippen LogP contribution < -0.4 is 10.6 Å². The summed E-state index contributed by atoms with van der Waals surface area (Å²) in [5, 5.41) is 11.2. The average molecular weight is 443 g/mol. The maximum Gasteiger partial charge on any atom is 0.191 e. The van der Waals surface area contributed by atoms with Gasteiger partial charge in [-0.3, -0.25) is 9.89 Å². The summed E-state index contributed by atoms with van der Waals surface area (Å²) in [7, 11) is 3.70. The third kappa shape index (κ3) is 5.63. The van der Waals surface area contributed by atoms with Gasteiger partial charge in [0.25, 0.3) is 0 Å². The van der Waals surface area contributed by atoms with E-state index in [0.29, 0.717) is 22.6 Å². The number of aromatic nitrogens is 2. The molecule has 0 radical (unpaired) electrons. The highest BCUT2D eigenvalue weighted by Crippen LogP contribution is 2.25. The molecule has 0 bridgehead atoms. The van der Waals surface area contributed by atoms with Gasteiger partial charge in [-0.05, 0) is 44.8 Å². The van der Waals surface area contributed by atoms with Gasteiger partial charge in [-0.2, -0.15) is 0 Å². The van der Waals surface area contributed by atoms with Crippen LogP contribution in [0.3, 0.4) is 0 Å². The number of aliphatic imine (C=N–C) groups is 1. The number of nitrogens with zero attached hydrogens (tertiary/aromatic N) is 4. The number of likely N-dealkylation sites (tertiary alicyclic amines) is 1. The molecule has 2 aromatic rings. The first-order valence-electron chi connectivity index (χ1n) is 9.53. The molecular weight excluding hydrogens is 415 g/mol. The van der Waals surface area contributed by atoms with Gasteiger partial charge < -0.3 is 15.2 Å². The van der Waals surface area contributed by atoms with Crippen LogP contribution in [0.15, 0.2) is 16.4 Å². The highest BCUT2D eigenvalue weighted by Gasteiger charge is 2.20. The molecule has 0 saturated carbocycles. The van der Waals surface area contributed by atoms with Crippen molar-refractivity contribution in [3.8, 4) is 0 Å². The van der Waals surface area contributed by atoms with Gasteiger partial charge in [-0.1, -0.05) is 23.2 Å². The van der Waals surface area contributed by atoms with E-state index >= 15 is 0 Å². The van der Waals surface area contributed by atoms with Crippen LogP contribution in [-0.2, 0) is 20.1 Å². The summed E-state index contributed by atoms with van der Waals surface area (Å²) in [6, 6.07) is 1.88. The summed E-state index contributed by atoms with van der Waals surface area (Å²) in [6.07, 6.45) is 2.38. The zero-order valence-corrected chi connectivity index (χ0v) is 19.0. The number of halogens is 2. The van der Waals surface area contributed by atoms with E-state index in [1.807, 2.05) is 17.7 Å². The first-order chi connectivity index (χ1) is 13.5. The Morgan fingerprint density at radius 1 is 1.32 bits per heavy atom. The minimum atomic E-state index is 0.556. The van der Waals surface area contributed by atoms with E-state index in [0.717, 1.165) is 42.8 Å². The van der Waals surface area contributed by atoms with Crippen LogP contribution in [0.25, 0.3) is 0 Å². The molecule has 28 heavy (non-hydrogen) atoms. The number of piperidine rings is 1. The van der Waals surface area contributed by atoms with Crippen molar-refractivity contribution in [3.05, 3.63) is 38.0 Å². The Kier molecular flexibility index (Phi) is 7.62. The average Bonchev–Trinajstić information content (AvgIpc) is 3.21. The lowest BCUT2D eigenvalue weighted by molar-refractivity contribution is 0.176. The molecule has 0 unspecified atom stereocenters. The van der Waals surface area contributed by atoms with Gasteiger partial charge in [-0.15, -0.1) is 11.3 Å². The summed E-state index contributed by atoms with van der Waals surface area (Å²) in [5.74, 6) is 1.46. The Hall–Kier alpha value is -1.28. The Morgan fingerprint density at radius 3 is 2.64 bits per heavy atom. The van der Waals surface area contributed by atoms with Crippen molar-refractivity contribution < 1.29 is 0 Å². The molecule has 0 aromatic carbocycles. The minimum Gasteiger partial charge on any atom is -0.356 e. The van der Waals surface area contributed by atoms with Crippen molar-refractivity contribution in [1.82, 2.24) is 25.1 Å². The summed E-state index contributed by atoms with van der Waals surface area (Å²) < 4.78 is 1.88. The van der Waals surface area contributed by atoms with E-state index in [1.165, 1.54) is 18.5 Å². The van der Waals surface area contributed by atoms with Crippen LogP contribution in [0.2, 0.25) is 10.2 Å². The maximum absolute atomic E-state index is 6.12. The standard InChI is InChI=1S/C19H28Cl2N6S/c1-13-25-15(12-28-13)11-27-6-4-14(5-7-27)9-23-19(22-2)24-10-16-8-17(20)18(21)26(16)3/h8,12,14H,4-7,9-11H2,1-3H3,(H2,22,23,24). The van der Waals surface area contributed by atoms with Crippen LogP contribution in [0.4, 0.5) is 0 Å². The van der Waals surface area contributed by atoms with Gasteiger partial charge in [0.15, 0.2) is 5.96 Å². The first-order valence-corrected chi connectivity index (χ1v) is 11.2. The van der Waals surface area contributed by atoms with Gasteiger partial charge in [0, 0.05) is 38.3 Å². The van der Waals surface area contributed by atoms with E-state index < -0.39 is 0 Å². The number of rotatable bonds is 6. The van der Waals surface area contributed by atoms with E-state index in [2.05, 4.69) is 37.8 Å². The van der Waals surface area contributed by atoms with Gasteiger partial charge in [0.1, 0.15) is 5.15 Å². The molecule has 2 aromatic heterocycles. The molecular formula is C19H28Cl2N6S. The molecule has 1 saturated heterocycles. The Morgan fingerprint density at radius 2 is 2.07 bits per heavy atom. The normalized spacial score (nSPS) is 16.5. The third-order valence-electron chi connectivity index (χ3n) is 5.19. The molecule has 9 heteroatoms. The number of hydrogen-bond acceptors (Lipinski definition) is 4. The number of guanidine groups is 1. The Balaban J connectivity index is 1.39. The van der Waals surface area contributed by atoms with Crippen LogP contribution in [-0.4, -0.2) is 47.1 Å². The molecule has 1 aliphatic heterocycles. The monoisotopic (exact) mass is 442 g/mol. The lowest BCUT2D eigenvalue weighted by Gasteiger charge is -2.31. The molecule has 0 amide bonds.